The number of nitrogens with zero attached hydrogens (tertiary/aromatic N) is 1. The molecular formula is C18H14F3N2O3S-. The van der Waals surface area contributed by atoms with Gasteiger partial charge in [0.05, 0.1) is 18.2 Å². The maximum absolute atomic E-state index is 13.6. The molecule has 0 saturated carbocycles. The van der Waals surface area contributed by atoms with Crippen molar-refractivity contribution in [2.75, 3.05) is 7.11 Å². The zero-order chi connectivity index (χ0) is 19.6. The summed E-state index contributed by atoms with van der Waals surface area (Å²) >= 11 is -2.41. The fraction of sp³-hybridized carbons (Fsp3) is 0.167. The predicted octanol–water partition coefficient (Wildman–Crippen LogP) is 3.81. The number of nitrogens with one attached hydrogen (secondary N) is 1. The molecule has 3 rings (SSSR count). The lowest BCUT2D eigenvalue weighted by atomic mass is 9.95. The molecule has 0 saturated heterocycles. The van der Waals surface area contributed by atoms with E-state index < -0.39 is 23.0 Å². The van der Waals surface area contributed by atoms with Crippen molar-refractivity contribution in [1.29, 1.82) is 0 Å². The molecule has 3 aromatic rings. The minimum atomic E-state index is -4.57. The van der Waals surface area contributed by atoms with Crippen molar-refractivity contribution in [2.24, 2.45) is 0 Å². The van der Waals surface area contributed by atoms with E-state index in [-0.39, 0.29) is 12.1 Å². The van der Waals surface area contributed by atoms with Crippen LogP contribution in [0.15, 0.2) is 48.7 Å². The lowest BCUT2D eigenvalue weighted by Gasteiger charge is -2.16. The van der Waals surface area contributed by atoms with Crippen molar-refractivity contribution in [3.63, 3.8) is 0 Å². The Kier molecular flexibility index (Phi) is 5.45. The van der Waals surface area contributed by atoms with Gasteiger partial charge >= 0.3 is 6.18 Å². The van der Waals surface area contributed by atoms with Crippen molar-refractivity contribution in [2.45, 2.75) is 12.7 Å². The number of aromatic nitrogens is 1. The summed E-state index contributed by atoms with van der Waals surface area (Å²) in [6, 6.07) is 10.9. The van der Waals surface area contributed by atoms with Crippen LogP contribution >= 0.6 is 0 Å². The number of alkyl halides is 3. The fourth-order valence-corrected chi connectivity index (χ4v) is 3.04. The summed E-state index contributed by atoms with van der Waals surface area (Å²) in [5.74, 6) is 0.493. The Morgan fingerprint density at radius 1 is 1.19 bits per heavy atom. The van der Waals surface area contributed by atoms with Crippen LogP contribution in [0.4, 0.5) is 13.2 Å². The second kappa shape index (κ2) is 7.63. The normalized spacial score (nSPS) is 12.9. The molecule has 1 heterocycles. The van der Waals surface area contributed by atoms with E-state index in [4.69, 9.17) is 4.74 Å². The largest absolute Gasteiger partial charge is 0.760 e. The van der Waals surface area contributed by atoms with Crippen LogP contribution in [0, 0.1) is 0 Å². The number of rotatable bonds is 5. The molecular weight excluding hydrogens is 381 g/mol. The summed E-state index contributed by atoms with van der Waals surface area (Å²) in [6.07, 6.45) is -3.76. The molecule has 1 unspecified atom stereocenters. The SMILES string of the molecule is COc1ccc2c(-c3ccc(CNS(=O)[O-])cc3)c(C(F)(F)F)cnc2c1. The number of methoxy groups -OCH3 is 1. The minimum absolute atomic E-state index is 0.0158. The molecule has 0 aliphatic carbocycles. The van der Waals surface area contributed by atoms with Gasteiger partial charge in [0.2, 0.25) is 0 Å². The zero-order valence-corrected chi connectivity index (χ0v) is 14.9. The van der Waals surface area contributed by atoms with Gasteiger partial charge in [-0.15, -0.1) is 0 Å². The highest BCUT2D eigenvalue weighted by atomic mass is 32.2. The van der Waals surface area contributed by atoms with Gasteiger partial charge < -0.3 is 9.29 Å². The molecule has 0 aliphatic rings. The van der Waals surface area contributed by atoms with Crippen LogP contribution in [0.5, 0.6) is 5.75 Å². The summed E-state index contributed by atoms with van der Waals surface area (Å²) in [6.45, 7) is 0.0524. The molecule has 1 aromatic heterocycles. The number of pyridine rings is 1. The Bertz CT molecular complexity index is 992. The first-order chi connectivity index (χ1) is 12.8. The highest BCUT2D eigenvalue weighted by Gasteiger charge is 2.35. The molecule has 9 heteroatoms. The lowest BCUT2D eigenvalue weighted by Crippen LogP contribution is -2.15. The van der Waals surface area contributed by atoms with Gasteiger partial charge in [-0.1, -0.05) is 24.3 Å². The lowest BCUT2D eigenvalue weighted by molar-refractivity contribution is -0.137. The smallest absolute Gasteiger partial charge is 0.418 e. The minimum Gasteiger partial charge on any atom is -0.760 e. The van der Waals surface area contributed by atoms with Gasteiger partial charge in [0.25, 0.3) is 0 Å². The predicted molar refractivity (Wildman–Crippen MR) is 94.5 cm³/mol. The average molecular weight is 395 g/mol. The fourth-order valence-electron chi connectivity index (χ4n) is 2.76. The van der Waals surface area contributed by atoms with Gasteiger partial charge in [0, 0.05) is 41.0 Å². The number of benzene rings is 2. The van der Waals surface area contributed by atoms with Gasteiger partial charge in [-0.25, -0.2) is 4.72 Å². The highest BCUT2D eigenvalue weighted by molar-refractivity contribution is 7.77. The average Bonchev–Trinajstić information content (AvgIpc) is 2.64. The first-order valence-corrected chi connectivity index (χ1v) is 8.83. The van der Waals surface area contributed by atoms with Crippen molar-refractivity contribution >= 4 is 22.2 Å². The molecule has 27 heavy (non-hydrogen) atoms. The Hall–Kier alpha value is -2.49. The Morgan fingerprint density at radius 2 is 1.89 bits per heavy atom. The Morgan fingerprint density at radius 3 is 2.48 bits per heavy atom. The Labute approximate surface area is 155 Å². The standard InChI is InChI=1S/C18H15F3N2O3S/c1-26-13-6-7-14-16(8-13)22-10-15(18(19,20)21)17(14)12-4-2-11(3-5-12)9-23-27(24)25/h2-8,10,23H,9H2,1H3,(H,24,25)/p-1. The van der Waals surface area contributed by atoms with Gasteiger partial charge in [-0.05, 0) is 23.3 Å². The molecule has 0 bridgehead atoms. The van der Waals surface area contributed by atoms with Crippen LogP contribution in [0.3, 0.4) is 0 Å². The second-order valence-electron chi connectivity index (χ2n) is 5.68. The zero-order valence-electron chi connectivity index (χ0n) is 14.0. The number of hydrogen-bond donors (Lipinski definition) is 1. The van der Waals surface area contributed by atoms with Crippen LogP contribution in [0.1, 0.15) is 11.1 Å². The van der Waals surface area contributed by atoms with E-state index in [2.05, 4.69) is 9.71 Å². The topological polar surface area (TPSA) is 74.3 Å². The highest BCUT2D eigenvalue weighted by Crippen LogP contribution is 2.41. The van der Waals surface area contributed by atoms with Crippen molar-refractivity contribution in [3.8, 4) is 16.9 Å². The first kappa shape index (κ1) is 19.3. The van der Waals surface area contributed by atoms with Crippen LogP contribution in [0.25, 0.3) is 22.0 Å². The number of halogens is 3. The van der Waals surface area contributed by atoms with E-state index in [0.29, 0.717) is 27.8 Å². The summed E-state index contributed by atoms with van der Waals surface area (Å²) in [4.78, 5) is 3.93. The molecule has 0 fully saturated rings. The second-order valence-corrected chi connectivity index (χ2v) is 6.44. The van der Waals surface area contributed by atoms with Crippen molar-refractivity contribution in [3.05, 3.63) is 59.8 Å². The van der Waals surface area contributed by atoms with E-state index in [1.54, 1.807) is 30.3 Å². The van der Waals surface area contributed by atoms with Gasteiger partial charge in [0.15, 0.2) is 0 Å². The molecule has 5 nitrogen and oxygen atoms in total. The molecule has 1 N–H and O–H groups in total. The third-order valence-electron chi connectivity index (χ3n) is 4.02. The Balaban J connectivity index is 2.14. The summed E-state index contributed by atoms with van der Waals surface area (Å²) in [5.41, 5.74) is 0.530. The van der Waals surface area contributed by atoms with E-state index >= 15 is 0 Å². The maximum atomic E-state index is 13.6. The van der Waals surface area contributed by atoms with Crippen molar-refractivity contribution in [1.82, 2.24) is 9.71 Å². The van der Waals surface area contributed by atoms with Crippen LogP contribution in [0.2, 0.25) is 0 Å². The number of hydrogen-bond acceptors (Lipinski definition) is 4. The molecule has 0 aliphatic heterocycles. The third-order valence-corrected chi connectivity index (χ3v) is 4.40. The van der Waals surface area contributed by atoms with Crippen LogP contribution < -0.4 is 9.46 Å². The van der Waals surface area contributed by atoms with E-state index in [1.807, 2.05) is 0 Å². The molecule has 1 atom stereocenters. The van der Waals surface area contributed by atoms with Crippen molar-refractivity contribution < 1.29 is 26.7 Å². The summed E-state index contributed by atoms with van der Waals surface area (Å²) in [7, 11) is 1.47. The first-order valence-electron chi connectivity index (χ1n) is 7.75. The molecule has 2 aromatic carbocycles. The molecule has 0 spiro atoms. The van der Waals surface area contributed by atoms with Gasteiger partial charge in [-0.2, -0.15) is 13.2 Å². The quantitative estimate of drug-likeness (QED) is 0.667. The van der Waals surface area contributed by atoms with E-state index in [0.717, 1.165) is 6.20 Å². The molecule has 0 amide bonds. The number of ether oxygens (including phenoxy) is 1. The molecule has 0 radical (unpaired) electrons. The summed E-state index contributed by atoms with van der Waals surface area (Å²) < 4.78 is 69.1. The molecule has 142 valence electrons. The summed E-state index contributed by atoms with van der Waals surface area (Å²) in [5, 5.41) is 0.345. The maximum Gasteiger partial charge on any atom is 0.418 e. The van der Waals surface area contributed by atoms with Gasteiger partial charge in [-0.3, -0.25) is 9.19 Å². The van der Waals surface area contributed by atoms with E-state index in [1.165, 1.54) is 19.2 Å². The van der Waals surface area contributed by atoms with Crippen LogP contribution in [-0.4, -0.2) is 20.9 Å². The third kappa shape index (κ3) is 4.26. The van der Waals surface area contributed by atoms with Crippen LogP contribution in [-0.2, 0) is 24.0 Å². The number of fused-ring (bicyclic) bond motifs is 1. The monoisotopic (exact) mass is 395 g/mol. The van der Waals surface area contributed by atoms with Gasteiger partial charge in [0.1, 0.15) is 5.75 Å². The van der Waals surface area contributed by atoms with E-state index in [9.17, 15) is 21.9 Å².